The van der Waals surface area contributed by atoms with Crippen molar-refractivity contribution in [2.75, 3.05) is 11.9 Å². The molecule has 0 aliphatic carbocycles. The molecule has 0 aliphatic rings. The number of carbonyl (C=O) groups is 1. The maximum atomic E-state index is 12.6. The normalized spacial score (nSPS) is 11.2. The second kappa shape index (κ2) is 7.57. The van der Waals surface area contributed by atoms with Gasteiger partial charge in [-0.25, -0.2) is 0 Å². The highest BCUT2D eigenvalue weighted by Crippen LogP contribution is 2.33. The van der Waals surface area contributed by atoms with Gasteiger partial charge in [-0.05, 0) is 58.7 Å². The molecule has 8 heteroatoms. The maximum Gasteiger partial charge on any atom is 0.416 e. The molecular weight excluding hydrogens is 455 g/mol. The summed E-state index contributed by atoms with van der Waals surface area (Å²) in [6.07, 6.45) is -4.46. The van der Waals surface area contributed by atoms with E-state index >= 15 is 0 Å². The standard InChI is InChI=1S/C16H12Br2F3NO2/c1-9-5-11(17)7-13(18)15(9)24-8-14(23)22-12-4-2-3-10(6-12)16(19,20)21/h2-7H,8H2,1H3,(H,22,23). The number of anilines is 1. The second-order valence-corrected chi connectivity index (χ2v) is 6.72. The van der Waals surface area contributed by atoms with E-state index in [0.29, 0.717) is 10.2 Å². The average molecular weight is 467 g/mol. The Hall–Kier alpha value is -1.54. The lowest BCUT2D eigenvalue weighted by Gasteiger charge is -2.13. The smallest absolute Gasteiger partial charge is 0.416 e. The molecule has 2 aromatic carbocycles. The first-order chi connectivity index (χ1) is 11.2. The number of benzene rings is 2. The molecule has 0 heterocycles. The fourth-order valence-electron chi connectivity index (χ4n) is 1.98. The molecule has 1 N–H and O–H groups in total. The first kappa shape index (κ1) is 18.8. The minimum atomic E-state index is -4.46. The number of amides is 1. The van der Waals surface area contributed by atoms with Crippen LogP contribution in [0.5, 0.6) is 5.75 Å². The van der Waals surface area contributed by atoms with Crippen molar-refractivity contribution in [3.05, 3.63) is 56.5 Å². The van der Waals surface area contributed by atoms with Crippen LogP contribution in [0.3, 0.4) is 0 Å². The highest BCUT2D eigenvalue weighted by atomic mass is 79.9. The molecule has 0 bridgehead atoms. The number of hydrogen-bond donors (Lipinski definition) is 1. The van der Waals surface area contributed by atoms with Gasteiger partial charge in [-0.3, -0.25) is 4.79 Å². The van der Waals surface area contributed by atoms with Gasteiger partial charge < -0.3 is 10.1 Å². The zero-order chi connectivity index (χ0) is 17.9. The van der Waals surface area contributed by atoms with Gasteiger partial charge in [0.05, 0.1) is 10.0 Å². The Morgan fingerprint density at radius 3 is 2.54 bits per heavy atom. The van der Waals surface area contributed by atoms with Crippen LogP contribution in [0.25, 0.3) is 0 Å². The summed E-state index contributed by atoms with van der Waals surface area (Å²) < 4.78 is 44.9. The molecular formula is C16H12Br2F3NO2. The van der Waals surface area contributed by atoms with E-state index in [9.17, 15) is 18.0 Å². The van der Waals surface area contributed by atoms with Gasteiger partial charge in [0.15, 0.2) is 6.61 Å². The summed E-state index contributed by atoms with van der Waals surface area (Å²) in [5.41, 5.74) is 0.0425. The van der Waals surface area contributed by atoms with Gasteiger partial charge in [-0.1, -0.05) is 22.0 Å². The third-order valence-corrected chi connectivity index (χ3v) is 4.06. The van der Waals surface area contributed by atoms with Crippen LogP contribution in [0.1, 0.15) is 11.1 Å². The number of aryl methyl sites for hydroxylation is 1. The number of halogens is 5. The Labute approximate surface area is 153 Å². The quantitative estimate of drug-likeness (QED) is 0.640. The summed E-state index contributed by atoms with van der Waals surface area (Å²) in [6, 6.07) is 8.02. The average Bonchev–Trinajstić information content (AvgIpc) is 2.45. The van der Waals surface area contributed by atoms with Crippen molar-refractivity contribution in [2.45, 2.75) is 13.1 Å². The van der Waals surface area contributed by atoms with Crippen molar-refractivity contribution in [1.82, 2.24) is 0 Å². The van der Waals surface area contributed by atoms with E-state index in [0.717, 1.165) is 22.2 Å². The molecule has 0 aromatic heterocycles. The van der Waals surface area contributed by atoms with E-state index in [1.807, 2.05) is 13.0 Å². The number of nitrogens with one attached hydrogen (secondary N) is 1. The Bertz CT molecular complexity index is 740. The molecule has 24 heavy (non-hydrogen) atoms. The van der Waals surface area contributed by atoms with Gasteiger partial charge in [0, 0.05) is 10.2 Å². The van der Waals surface area contributed by atoms with Crippen molar-refractivity contribution in [3.8, 4) is 5.75 Å². The summed E-state index contributed by atoms with van der Waals surface area (Å²) in [6.45, 7) is 1.49. The largest absolute Gasteiger partial charge is 0.482 e. The SMILES string of the molecule is Cc1cc(Br)cc(Br)c1OCC(=O)Nc1cccc(C(F)(F)F)c1. The van der Waals surface area contributed by atoms with Crippen molar-refractivity contribution >= 4 is 43.5 Å². The van der Waals surface area contributed by atoms with Gasteiger partial charge in [0.25, 0.3) is 5.91 Å². The molecule has 0 radical (unpaired) electrons. The van der Waals surface area contributed by atoms with Gasteiger partial charge in [0.1, 0.15) is 5.75 Å². The Balaban J connectivity index is 2.02. The minimum Gasteiger partial charge on any atom is -0.482 e. The molecule has 2 aromatic rings. The predicted octanol–water partition coefficient (Wildman–Crippen LogP) is 5.56. The van der Waals surface area contributed by atoms with E-state index in [1.54, 1.807) is 6.07 Å². The fraction of sp³-hybridized carbons (Fsp3) is 0.188. The number of alkyl halides is 3. The third-order valence-electron chi connectivity index (χ3n) is 3.02. The first-order valence-electron chi connectivity index (χ1n) is 6.72. The van der Waals surface area contributed by atoms with Gasteiger partial charge >= 0.3 is 6.18 Å². The zero-order valence-corrected chi connectivity index (χ0v) is 15.5. The van der Waals surface area contributed by atoms with Crippen molar-refractivity contribution in [1.29, 1.82) is 0 Å². The highest BCUT2D eigenvalue weighted by Gasteiger charge is 2.30. The molecule has 1 amide bonds. The van der Waals surface area contributed by atoms with Crippen LogP contribution in [0.4, 0.5) is 18.9 Å². The lowest BCUT2D eigenvalue weighted by atomic mass is 10.2. The Kier molecular flexibility index (Phi) is 5.92. The number of hydrogen-bond acceptors (Lipinski definition) is 2. The first-order valence-corrected chi connectivity index (χ1v) is 8.31. The molecule has 0 spiro atoms. The molecule has 0 unspecified atom stereocenters. The van der Waals surface area contributed by atoms with E-state index in [1.165, 1.54) is 12.1 Å². The summed E-state index contributed by atoms with van der Waals surface area (Å²) in [5.74, 6) is -0.0547. The van der Waals surface area contributed by atoms with Gasteiger partial charge in [-0.2, -0.15) is 13.2 Å². The van der Waals surface area contributed by atoms with Crippen LogP contribution in [-0.4, -0.2) is 12.5 Å². The van der Waals surface area contributed by atoms with Gasteiger partial charge in [0.2, 0.25) is 0 Å². The van der Waals surface area contributed by atoms with Crippen molar-refractivity contribution in [2.24, 2.45) is 0 Å². The molecule has 3 nitrogen and oxygen atoms in total. The van der Waals surface area contributed by atoms with E-state index < -0.39 is 17.6 Å². The zero-order valence-electron chi connectivity index (χ0n) is 12.4. The topological polar surface area (TPSA) is 38.3 Å². The van der Waals surface area contributed by atoms with E-state index in [-0.39, 0.29) is 12.3 Å². The Morgan fingerprint density at radius 2 is 1.92 bits per heavy atom. The molecule has 0 atom stereocenters. The third kappa shape index (κ3) is 4.98. The maximum absolute atomic E-state index is 12.6. The molecule has 0 saturated carbocycles. The summed E-state index contributed by atoms with van der Waals surface area (Å²) >= 11 is 6.67. The summed E-state index contributed by atoms with van der Waals surface area (Å²) in [4.78, 5) is 11.9. The lowest BCUT2D eigenvalue weighted by Crippen LogP contribution is -2.21. The van der Waals surface area contributed by atoms with Crippen LogP contribution < -0.4 is 10.1 Å². The number of ether oxygens (including phenoxy) is 1. The minimum absolute atomic E-state index is 0.0602. The Morgan fingerprint density at radius 1 is 1.21 bits per heavy atom. The van der Waals surface area contributed by atoms with Crippen LogP contribution >= 0.6 is 31.9 Å². The molecule has 0 aliphatic heterocycles. The summed E-state index contributed by atoms with van der Waals surface area (Å²) in [5, 5.41) is 2.39. The lowest BCUT2D eigenvalue weighted by molar-refractivity contribution is -0.137. The molecule has 0 fully saturated rings. The number of rotatable bonds is 4. The second-order valence-electron chi connectivity index (χ2n) is 4.95. The van der Waals surface area contributed by atoms with E-state index in [2.05, 4.69) is 37.2 Å². The summed E-state index contributed by atoms with van der Waals surface area (Å²) in [7, 11) is 0. The van der Waals surface area contributed by atoms with Crippen molar-refractivity contribution in [3.63, 3.8) is 0 Å². The highest BCUT2D eigenvalue weighted by molar-refractivity contribution is 9.11. The van der Waals surface area contributed by atoms with Crippen molar-refractivity contribution < 1.29 is 22.7 Å². The molecule has 0 saturated heterocycles. The van der Waals surface area contributed by atoms with Crippen LogP contribution in [0.2, 0.25) is 0 Å². The van der Waals surface area contributed by atoms with Crippen LogP contribution in [0.15, 0.2) is 45.3 Å². The van der Waals surface area contributed by atoms with Gasteiger partial charge in [-0.15, -0.1) is 0 Å². The monoisotopic (exact) mass is 465 g/mol. The van der Waals surface area contributed by atoms with Crippen LogP contribution in [0, 0.1) is 6.92 Å². The molecule has 2 rings (SSSR count). The van der Waals surface area contributed by atoms with Crippen LogP contribution in [-0.2, 0) is 11.0 Å². The van der Waals surface area contributed by atoms with E-state index in [4.69, 9.17) is 4.74 Å². The predicted molar refractivity (Wildman–Crippen MR) is 92.1 cm³/mol. The molecule has 128 valence electrons. The number of carbonyl (C=O) groups excluding carboxylic acids is 1. The fourth-order valence-corrected chi connectivity index (χ4v) is 3.53.